The van der Waals surface area contributed by atoms with Crippen LogP contribution in [0.2, 0.25) is 0 Å². The molecule has 1 amide bonds. The molecule has 1 saturated heterocycles. The average Bonchev–Trinajstić information content (AvgIpc) is 3.28. The second kappa shape index (κ2) is 8.54. The molecule has 0 radical (unpaired) electrons. The van der Waals surface area contributed by atoms with Crippen LogP contribution in [0.1, 0.15) is 28.8 Å². The Morgan fingerprint density at radius 1 is 1.23 bits per heavy atom. The van der Waals surface area contributed by atoms with Crippen molar-refractivity contribution in [3.05, 3.63) is 74.4 Å². The first-order chi connectivity index (χ1) is 14.5. The summed E-state index contributed by atoms with van der Waals surface area (Å²) in [4.78, 5) is 40.5. The third-order valence-corrected chi connectivity index (χ3v) is 5.26. The molecule has 2 N–H and O–H groups in total. The number of nitrogens with one attached hydrogen (secondary N) is 2. The summed E-state index contributed by atoms with van der Waals surface area (Å²) in [6.07, 6.45) is 1.97. The van der Waals surface area contributed by atoms with Gasteiger partial charge in [-0.25, -0.2) is 4.79 Å². The van der Waals surface area contributed by atoms with Gasteiger partial charge in [0, 0.05) is 18.7 Å². The van der Waals surface area contributed by atoms with E-state index in [-0.39, 0.29) is 18.6 Å². The normalized spacial score (nSPS) is 16.0. The summed E-state index contributed by atoms with van der Waals surface area (Å²) in [5.74, 6) is 0.430. The number of hydrogen-bond donors (Lipinski definition) is 2. The van der Waals surface area contributed by atoms with E-state index in [4.69, 9.17) is 9.47 Å². The minimum Gasteiger partial charge on any atom is -0.497 e. The predicted octanol–water partition coefficient (Wildman–Crippen LogP) is 1.66. The molecule has 2 aromatic carbocycles. The molecule has 1 aliphatic rings. The molecule has 1 atom stereocenters. The van der Waals surface area contributed by atoms with Crippen molar-refractivity contribution in [2.24, 2.45) is 0 Å². The molecule has 0 spiro atoms. The highest BCUT2D eigenvalue weighted by Gasteiger charge is 2.17. The van der Waals surface area contributed by atoms with Crippen molar-refractivity contribution < 1.29 is 14.3 Å². The molecule has 1 fully saturated rings. The lowest BCUT2D eigenvalue weighted by molar-refractivity contribution is 0.0858. The van der Waals surface area contributed by atoms with Gasteiger partial charge in [-0.05, 0) is 48.7 Å². The van der Waals surface area contributed by atoms with Crippen LogP contribution in [0.5, 0.6) is 5.75 Å². The molecule has 0 aliphatic carbocycles. The van der Waals surface area contributed by atoms with Crippen LogP contribution in [0.3, 0.4) is 0 Å². The van der Waals surface area contributed by atoms with E-state index in [9.17, 15) is 14.4 Å². The Hall–Kier alpha value is -3.39. The number of methoxy groups -OCH3 is 1. The molecule has 30 heavy (non-hydrogen) atoms. The second-order valence-electron chi connectivity index (χ2n) is 7.27. The molecule has 0 unspecified atom stereocenters. The van der Waals surface area contributed by atoms with Crippen molar-refractivity contribution >= 4 is 16.8 Å². The number of aromatic nitrogens is 2. The van der Waals surface area contributed by atoms with Gasteiger partial charge in [-0.3, -0.25) is 14.2 Å². The van der Waals surface area contributed by atoms with Crippen LogP contribution < -0.4 is 21.3 Å². The lowest BCUT2D eigenvalue weighted by Gasteiger charge is -2.11. The van der Waals surface area contributed by atoms with Gasteiger partial charge < -0.3 is 19.8 Å². The standard InChI is InChI=1S/C22H23N3O5/c1-29-16-7-4-14(5-8-16)13-25-21(27)18-9-6-15(11-19(18)24-22(25)28)20(26)23-12-17-3-2-10-30-17/h4-9,11,17H,2-3,10,12-13H2,1H3,(H,23,26)(H,24,28)/t17-/m0/s1. The van der Waals surface area contributed by atoms with Gasteiger partial charge in [0.15, 0.2) is 0 Å². The number of nitrogens with zero attached hydrogens (tertiary/aromatic N) is 1. The molecule has 2 heterocycles. The van der Waals surface area contributed by atoms with Crippen LogP contribution in [-0.4, -0.2) is 41.8 Å². The van der Waals surface area contributed by atoms with Crippen LogP contribution in [0, 0.1) is 0 Å². The predicted molar refractivity (Wildman–Crippen MR) is 112 cm³/mol. The van der Waals surface area contributed by atoms with Gasteiger partial charge in [0.1, 0.15) is 5.75 Å². The fraction of sp³-hybridized carbons (Fsp3) is 0.318. The van der Waals surface area contributed by atoms with E-state index in [0.717, 1.165) is 29.6 Å². The van der Waals surface area contributed by atoms with Crippen molar-refractivity contribution in [1.82, 2.24) is 14.9 Å². The maximum Gasteiger partial charge on any atom is 0.329 e. The second-order valence-corrected chi connectivity index (χ2v) is 7.27. The van der Waals surface area contributed by atoms with E-state index >= 15 is 0 Å². The van der Waals surface area contributed by atoms with Crippen LogP contribution in [0.25, 0.3) is 10.9 Å². The third kappa shape index (κ3) is 4.13. The number of fused-ring (bicyclic) bond motifs is 1. The lowest BCUT2D eigenvalue weighted by atomic mass is 10.1. The molecule has 156 valence electrons. The summed E-state index contributed by atoms with van der Waals surface area (Å²) in [5, 5.41) is 3.18. The fourth-order valence-electron chi connectivity index (χ4n) is 3.57. The molecule has 1 aromatic heterocycles. The minimum absolute atomic E-state index is 0.0411. The molecular formula is C22H23N3O5. The molecular weight excluding hydrogens is 386 g/mol. The first kappa shape index (κ1) is 19.9. The Kier molecular flexibility index (Phi) is 5.67. The van der Waals surface area contributed by atoms with Gasteiger partial charge in [0.25, 0.3) is 11.5 Å². The molecule has 0 saturated carbocycles. The Bertz CT molecular complexity index is 1170. The monoisotopic (exact) mass is 409 g/mol. The van der Waals surface area contributed by atoms with Crippen molar-refractivity contribution in [2.45, 2.75) is 25.5 Å². The number of ether oxygens (including phenoxy) is 2. The smallest absolute Gasteiger partial charge is 0.329 e. The number of aromatic amines is 1. The van der Waals surface area contributed by atoms with Crippen LogP contribution in [-0.2, 0) is 11.3 Å². The number of hydrogen-bond acceptors (Lipinski definition) is 5. The molecule has 8 heteroatoms. The summed E-state index contributed by atoms with van der Waals surface area (Å²) >= 11 is 0. The zero-order valence-corrected chi connectivity index (χ0v) is 16.6. The molecule has 8 nitrogen and oxygen atoms in total. The van der Waals surface area contributed by atoms with Crippen molar-refractivity contribution in [3.63, 3.8) is 0 Å². The molecule has 0 bridgehead atoms. The van der Waals surface area contributed by atoms with E-state index in [1.54, 1.807) is 43.5 Å². The number of H-pyrrole nitrogens is 1. The van der Waals surface area contributed by atoms with Gasteiger partial charge in [0.2, 0.25) is 0 Å². The van der Waals surface area contributed by atoms with Gasteiger partial charge in [-0.15, -0.1) is 0 Å². The Morgan fingerprint density at radius 2 is 2.03 bits per heavy atom. The summed E-state index contributed by atoms with van der Waals surface area (Å²) in [7, 11) is 1.57. The minimum atomic E-state index is -0.528. The Balaban J connectivity index is 1.57. The largest absolute Gasteiger partial charge is 0.497 e. The molecule has 3 aromatic rings. The first-order valence-corrected chi connectivity index (χ1v) is 9.85. The van der Waals surface area contributed by atoms with E-state index in [1.807, 2.05) is 0 Å². The quantitative estimate of drug-likeness (QED) is 0.645. The maximum absolute atomic E-state index is 12.9. The van der Waals surface area contributed by atoms with E-state index in [0.29, 0.717) is 28.8 Å². The summed E-state index contributed by atoms with van der Waals surface area (Å²) in [6.45, 7) is 1.30. The lowest BCUT2D eigenvalue weighted by Crippen LogP contribution is -2.35. The van der Waals surface area contributed by atoms with Gasteiger partial charge >= 0.3 is 5.69 Å². The Morgan fingerprint density at radius 3 is 2.73 bits per heavy atom. The highest BCUT2D eigenvalue weighted by molar-refractivity contribution is 5.97. The van der Waals surface area contributed by atoms with Crippen LogP contribution in [0.4, 0.5) is 0 Å². The van der Waals surface area contributed by atoms with E-state index in [1.165, 1.54) is 6.07 Å². The summed E-state index contributed by atoms with van der Waals surface area (Å²) < 4.78 is 11.8. The highest BCUT2D eigenvalue weighted by Crippen LogP contribution is 2.14. The number of carbonyl (C=O) groups excluding carboxylic acids is 1. The van der Waals surface area contributed by atoms with E-state index < -0.39 is 11.2 Å². The third-order valence-electron chi connectivity index (χ3n) is 5.26. The number of carbonyl (C=O) groups is 1. The highest BCUT2D eigenvalue weighted by atomic mass is 16.5. The SMILES string of the molecule is COc1ccc(Cn2c(=O)[nH]c3cc(C(=O)NC[C@@H]4CCCO4)ccc3c2=O)cc1. The van der Waals surface area contributed by atoms with Gasteiger partial charge in [0.05, 0.1) is 30.7 Å². The summed E-state index contributed by atoms with van der Waals surface area (Å²) in [5.41, 5.74) is 0.577. The van der Waals surface area contributed by atoms with Crippen molar-refractivity contribution in [1.29, 1.82) is 0 Å². The zero-order chi connectivity index (χ0) is 21.1. The number of benzene rings is 2. The summed E-state index contributed by atoms with van der Waals surface area (Å²) in [6, 6.07) is 11.8. The van der Waals surface area contributed by atoms with Gasteiger partial charge in [-0.2, -0.15) is 0 Å². The van der Waals surface area contributed by atoms with Crippen LogP contribution in [0.15, 0.2) is 52.1 Å². The number of rotatable bonds is 6. The molecule has 1 aliphatic heterocycles. The topological polar surface area (TPSA) is 102 Å². The average molecular weight is 409 g/mol. The Labute approximate surface area is 172 Å². The fourth-order valence-corrected chi connectivity index (χ4v) is 3.57. The van der Waals surface area contributed by atoms with Gasteiger partial charge in [-0.1, -0.05) is 12.1 Å². The van der Waals surface area contributed by atoms with Crippen molar-refractivity contribution in [2.75, 3.05) is 20.3 Å². The number of amides is 1. The first-order valence-electron chi connectivity index (χ1n) is 9.85. The zero-order valence-electron chi connectivity index (χ0n) is 16.6. The maximum atomic E-state index is 12.9. The molecule has 4 rings (SSSR count). The van der Waals surface area contributed by atoms with E-state index in [2.05, 4.69) is 10.3 Å². The van der Waals surface area contributed by atoms with Crippen molar-refractivity contribution in [3.8, 4) is 5.75 Å². The van der Waals surface area contributed by atoms with Crippen LogP contribution >= 0.6 is 0 Å².